The predicted octanol–water partition coefficient (Wildman–Crippen LogP) is 4.40. The molecule has 1 aliphatic rings. The molecule has 0 saturated carbocycles. The lowest BCUT2D eigenvalue weighted by molar-refractivity contribution is 0.415. The highest BCUT2D eigenvalue weighted by Crippen LogP contribution is 2.36. The molecular formula is C16H21NO. The first kappa shape index (κ1) is 11.6. The van der Waals surface area contributed by atoms with Gasteiger partial charge in [0.25, 0.3) is 0 Å². The molecule has 0 amide bonds. The van der Waals surface area contributed by atoms with E-state index in [-0.39, 0.29) is 0 Å². The van der Waals surface area contributed by atoms with Gasteiger partial charge in [0.05, 0.1) is 7.11 Å². The van der Waals surface area contributed by atoms with Crippen LogP contribution in [0.4, 0.5) is 0 Å². The van der Waals surface area contributed by atoms with Crippen LogP contribution in [0.25, 0.3) is 10.9 Å². The third-order valence-corrected chi connectivity index (χ3v) is 4.18. The Morgan fingerprint density at radius 1 is 1.22 bits per heavy atom. The molecule has 2 heteroatoms. The maximum absolute atomic E-state index is 5.31. The topological polar surface area (TPSA) is 25.0 Å². The second-order valence-corrected chi connectivity index (χ2v) is 5.43. The fourth-order valence-corrected chi connectivity index (χ4v) is 3.21. The monoisotopic (exact) mass is 243 g/mol. The zero-order valence-electron chi connectivity index (χ0n) is 11.3. The number of aromatic nitrogens is 1. The van der Waals surface area contributed by atoms with Crippen LogP contribution in [0.15, 0.2) is 18.2 Å². The molecule has 1 aromatic heterocycles. The summed E-state index contributed by atoms with van der Waals surface area (Å²) in [5, 5.41) is 1.39. The molecule has 1 atom stereocenters. The van der Waals surface area contributed by atoms with Crippen LogP contribution in [0.1, 0.15) is 49.8 Å². The van der Waals surface area contributed by atoms with E-state index in [2.05, 4.69) is 30.1 Å². The highest BCUT2D eigenvalue weighted by molar-refractivity contribution is 5.86. The molecule has 0 saturated heterocycles. The Balaban J connectivity index is 2.16. The number of aromatic amines is 1. The standard InChI is InChI=1S/C16H21NO/c1-11-6-4-3-5-7-14-16(11)13-9-8-12(18-2)10-15(13)17-14/h8-11,17H,3-7H2,1-2H3. The number of aryl methyl sites for hydroxylation is 1. The van der Waals surface area contributed by atoms with E-state index in [4.69, 9.17) is 4.74 Å². The zero-order valence-corrected chi connectivity index (χ0v) is 11.3. The lowest BCUT2D eigenvalue weighted by Gasteiger charge is -2.16. The molecule has 0 fully saturated rings. The molecule has 1 unspecified atom stereocenters. The van der Waals surface area contributed by atoms with Gasteiger partial charge in [-0.25, -0.2) is 0 Å². The van der Waals surface area contributed by atoms with Crippen molar-refractivity contribution in [3.63, 3.8) is 0 Å². The maximum Gasteiger partial charge on any atom is 0.120 e. The van der Waals surface area contributed by atoms with Gasteiger partial charge in [0.2, 0.25) is 0 Å². The van der Waals surface area contributed by atoms with Crippen molar-refractivity contribution in [3.8, 4) is 5.75 Å². The van der Waals surface area contributed by atoms with Crippen LogP contribution in [0.2, 0.25) is 0 Å². The van der Waals surface area contributed by atoms with Crippen LogP contribution in [0.3, 0.4) is 0 Å². The SMILES string of the molecule is COc1ccc2c3c([nH]c2c1)CCCCCC3C. The van der Waals surface area contributed by atoms with Crippen molar-refractivity contribution in [2.45, 2.75) is 44.9 Å². The van der Waals surface area contributed by atoms with Gasteiger partial charge >= 0.3 is 0 Å². The normalized spacial score (nSPS) is 20.2. The summed E-state index contributed by atoms with van der Waals surface area (Å²) >= 11 is 0. The van der Waals surface area contributed by atoms with Crippen molar-refractivity contribution in [2.75, 3.05) is 7.11 Å². The molecule has 96 valence electrons. The number of methoxy groups -OCH3 is 1. The fraction of sp³-hybridized carbons (Fsp3) is 0.500. The largest absolute Gasteiger partial charge is 0.497 e. The lowest BCUT2D eigenvalue weighted by Crippen LogP contribution is -2.02. The molecular weight excluding hydrogens is 222 g/mol. The molecule has 18 heavy (non-hydrogen) atoms. The molecule has 1 aromatic carbocycles. The van der Waals surface area contributed by atoms with Gasteiger partial charge in [-0.3, -0.25) is 0 Å². The molecule has 2 nitrogen and oxygen atoms in total. The number of ether oxygens (including phenoxy) is 1. The number of hydrogen-bond donors (Lipinski definition) is 1. The minimum atomic E-state index is 0.669. The van der Waals surface area contributed by atoms with Gasteiger partial charge in [0, 0.05) is 22.7 Å². The van der Waals surface area contributed by atoms with E-state index >= 15 is 0 Å². The average molecular weight is 243 g/mol. The molecule has 3 rings (SSSR count). The third-order valence-electron chi connectivity index (χ3n) is 4.18. The Morgan fingerprint density at radius 2 is 2.11 bits per heavy atom. The lowest BCUT2D eigenvalue weighted by atomic mass is 9.88. The highest BCUT2D eigenvalue weighted by Gasteiger charge is 2.19. The van der Waals surface area contributed by atoms with Crippen LogP contribution in [0, 0.1) is 0 Å². The second kappa shape index (κ2) is 4.68. The number of nitrogens with one attached hydrogen (secondary N) is 1. The Kier molecular flexibility index (Phi) is 3.02. The minimum Gasteiger partial charge on any atom is -0.497 e. The Labute approximate surface area is 108 Å². The Hall–Kier alpha value is -1.44. The van der Waals surface area contributed by atoms with E-state index in [1.807, 2.05) is 0 Å². The van der Waals surface area contributed by atoms with E-state index < -0.39 is 0 Å². The molecule has 1 N–H and O–H groups in total. The number of rotatable bonds is 1. The number of benzene rings is 1. The van der Waals surface area contributed by atoms with Crippen molar-refractivity contribution < 1.29 is 4.74 Å². The van der Waals surface area contributed by atoms with Gasteiger partial charge in [-0.2, -0.15) is 0 Å². The first-order chi connectivity index (χ1) is 8.79. The van der Waals surface area contributed by atoms with Gasteiger partial charge in [0.1, 0.15) is 5.75 Å². The zero-order chi connectivity index (χ0) is 12.5. The molecule has 1 aliphatic carbocycles. The summed E-state index contributed by atoms with van der Waals surface area (Å²) in [4.78, 5) is 3.61. The molecule has 0 aliphatic heterocycles. The van der Waals surface area contributed by atoms with Gasteiger partial charge in [-0.1, -0.05) is 19.8 Å². The van der Waals surface area contributed by atoms with Crippen molar-refractivity contribution >= 4 is 10.9 Å². The average Bonchev–Trinajstić information content (AvgIpc) is 2.72. The minimum absolute atomic E-state index is 0.669. The smallest absolute Gasteiger partial charge is 0.120 e. The van der Waals surface area contributed by atoms with E-state index in [0.717, 1.165) is 5.75 Å². The Bertz CT molecular complexity index is 555. The van der Waals surface area contributed by atoms with E-state index in [1.165, 1.54) is 48.7 Å². The van der Waals surface area contributed by atoms with Gasteiger partial charge in [0.15, 0.2) is 0 Å². The molecule has 1 heterocycles. The van der Waals surface area contributed by atoms with Gasteiger partial charge in [-0.05, 0) is 42.9 Å². The maximum atomic E-state index is 5.31. The number of H-pyrrole nitrogens is 1. The van der Waals surface area contributed by atoms with E-state index in [9.17, 15) is 0 Å². The molecule has 0 spiro atoms. The summed E-state index contributed by atoms with van der Waals surface area (Å²) in [5.41, 5.74) is 4.23. The highest BCUT2D eigenvalue weighted by atomic mass is 16.5. The van der Waals surface area contributed by atoms with Crippen molar-refractivity contribution in [1.29, 1.82) is 0 Å². The van der Waals surface area contributed by atoms with Crippen LogP contribution < -0.4 is 4.74 Å². The fourth-order valence-electron chi connectivity index (χ4n) is 3.21. The Morgan fingerprint density at radius 3 is 2.94 bits per heavy atom. The van der Waals surface area contributed by atoms with E-state index in [1.54, 1.807) is 12.7 Å². The third kappa shape index (κ3) is 1.90. The van der Waals surface area contributed by atoms with Crippen molar-refractivity contribution in [1.82, 2.24) is 4.98 Å². The van der Waals surface area contributed by atoms with Crippen LogP contribution in [0.5, 0.6) is 5.75 Å². The van der Waals surface area contributed by atoms with Gasteiger partial charge < -0.3 is 9.72 Å². The van der Waals surface area contributed by atoms with E-state index in [0.29, 0.717) is 5.92 Å². The summed E-state index contributed by atoms with van der Waals surface area (Å²) < 4.78 is 5.31. The summed E-state index contributed by atoms with van der Waals surface area (Å²) in [5.74, 6) is 1.60. The quantitative estimate of drug-likeness (QED) is 0.789. The molecule has 2 aromatic rings. The van der Waals surface area contributed by atoms with Crippen LogP contribution >= 0.6 is 0 Å². The van der Waals surface area contributed by atoms with Crippen LogP contribution in [-0.2, 0) is 6.42 Å². The number of hydrogen-bond acceptors (Lipinski definition) is 1. The van der Waals surface area contributed by atoms with Gasteiger partial charge in [-0.15, -0.1) is 0 Å². The summed E-state index contributed by atoms with van der Waals surface area (Å²) in [7, 11) is 1.72. The first-order valence-corrected chi connectivity index (χ1v) is 6.98. The summed E-state index contributed by atoms with van der Waals surface area (Å²) in [6.07, 6.45) is 6.54. The first-order valence-electron chi connectivity index (χ1n) is 6.98. The van der Waals surface area contributed by atoms with Crippen LogP contribution in [-0.4, -0.2) is 12.1 Å². The summed E-state index contributed by atoms with van der Waals surface area (Å²) in [6, 6.07) is 6.40. The predicted molar refractivity (Wildman–Crippen MR) is 75.4 cm³/mol. The second-order valence-electron chi connectivity index (χ2n) is 5.43. The van der Waals surface area contributed by atoms with Crippen molar-refractivity contribution in [2.24, 2.45) is 0 Å². The summed E-state index contributed by atoms with van der Waals surface area (Å²) in [6.45, 7) is 2.36. The van der Waals surface area contributed by atoms with Crippen molar-refractivity contribution in [3.05, 3.63) is 29.5 Å². The molecule has 0 bridgehead atoms. The molecule has 0 radical (unpaired) electrons. The number of fused-ring (bicyclic) bond motifs is 3.